The fourth-order valence-corrected chi connectivity index (χ4v) is 2.70. The topological polar surface area (TPSA) is 46.3 Å². The highest BCUT2D eigenvalue weighted by Crippen LogP contribution is 2.33. The Hall–Kier alpha value is -1.35. The monoisotopic (exact) mass is 246 g/mol. The molecule has 1 aliphatic heterocycles. The number of carbonyl (C=O) groups is 1. The van der Waals surface area contributed by atoms with E-state index in [-0.39, 0.29) is 11.9 Å². The second kappa shape index (κ2) is 5.53. The maximum atomic E-state index is 12.0. The zero-order chi connectivity index (χ0) is 13.1. The Morgan fingerprint density at radius 2 is 2.28 bits per heavy atom. The molecule has 1 atom stereocenters. The van der Waals surface area contributed by atoms with Gasteiger partial charge in [0.15, 0.2) is 0 Å². The second-order valence-electron chi connectivity index (χ2n) is 5.03. The van der Waals surface area contributed by atoms with Crippen molar-refractivity contribution >= 4 is 11.6 Å². The number of hydrogen-bond acceptors (Lipinski definition) is 2. The van der Waals surface area contributed by atoms with Crippen LogP contribution < -0.4 is 10.6 Å². The normalized spacial score (nSPS) is 17.9. The molecule has 1 aromatic carbocycles. The molecule has 0 aliphatic carbocycles. The van der Waals surface area contributed by atoms with Crippen LogP contribution in [0.25, 0.3) is 0 Å². The van der Waals surface area contributed by atoms with Gasteiger partial charge in [0, 0.05) is 18.2 Å². The molecular formula is C15H22N2O. The molecule has 0 spiro atoms. The Labute approximate surface area is 109 Å². The van der Waals surface area contributed by atoms with Crippen molar-refractivity contribution in [3.05, 3.63) is 29.3 Å². The van der Waals surface area contributed by atoms with Crippen molar-refractivity contribution in [3.63, 3.8) is 0 Å². The van der Waals surface area contributed by atoms with Crippen LogP contribution in [0.15, 0.2) is 18.2 Å². The third kappa shape index (κ3) is 2.41. The molecular weight excluding hydrogens is 224 g/mol. The highest BCUT2D eigenvalue weighted by atomic mass is 16.2. The van der Waals surface area contributed by atoms with Gasteiger partial charge < -0.3 is 10.6 Å². The summed E-state index contributed by atoms with van der Waals surface area (Å²) in [5.74, 6) is 0.218. The predicted octanol–water partition coefficient (Wildman–Crippen LogP) is 2.27. The van der Waals surface area contributed by atoms with E-state index in [2.05, 4.69) is 25.1 Å². The van der Waals surface area contributed by atoms with Gasteiger partial charge in [-0.1, -0.05) is 19.1 Å². The highest BCUT2D eigenvalue weighted by Gasteiger charge is 2.29. The summed E-state index contributed by atoms with van der Waals surface area (Å²) in [6, 6.07) is 6.75. The van der Waals surface area contributed by atoms with Gasteiger partial charge in [-0.3, -0.25) is 4.79 Å². The average molecular weight is 246 g/mol. The lowest BCUT2D eigenvalue weighted by Gasteiger charge is -2.22. The van der Waals surface area contributed by atoms with E-state index in [4.69, 9.17) is 5.73 Å². The molecule has 1 heterocycles. The number of nitrogens with two attached hydrogens (primary N) is 1. The van der Waals surface area contributed by atoms with Crippen molar-refractivity contribution in [1.29, 1.82) is 0 Å². The van der Waals surface area contributed by atoms with Crippen molar-refractivity contribution in [2.24, 2.45) is 5.73 Å². The smallest absolute Gasteiger partial charge is 0.226 e. The number of nitrogens with zero attached hydrogens (tertiary/aromatic N) is 1. The summed E-state index contributed by atoms with van der Waals surface area (Å²) < 4.78 is 0. The third-order valence-electron chi connectivity index (χ3n) is 3.60. The number of benzene rings is 1. The van der Waals surface area contributed by atoms with Gasteiger partial charge in [0.05, 0.1) is 0 Å². The largest absolute Gasteiger partial charge is 0.330 e. The van der Waals surface area contributed by atoms with Gasteiger partial charge in [0.25, 0.3) is 0 Å². The fraction of sp³-hybridized carbons (Fsp3) is 0.533. The fourth-order valence-electron chi connectivity index (χ4n) is 2.70. The van der Waals surface area contributed by atoms with Gasteiger partial charge in [-0.15, -0.1) is 0 Å². The predicted molar refractivity (Wildman–Crippen MR) is 74.8 cm³/mol. The van der Waals surface area contributed by atoms with E-state index in [1.54, 1.807) is 0 Å². The van der Waals surface area contributed by atoms with E-state index in [9.17, 15) is 4.79 Å². The van der Waals surface area contributed by atoms with Gasteiger partial charge >= 0.3 is 0 Å². The Bertz CT molecular complexity index is 442. The summed E-state index contributed by atoms with van der Waals surface area (Å²) in [4.78, 5) is 13.9. The molecule has 1 unspecified atom stereocenters. The molecule has 0 aromatic heterocycles. The molecule has 0 fully saturated rings. The molecule has 0 saturated heterocycles. The van der Waals surface area contributed by atoms with Crippen LogP contribution in [0, 0.1) is 0 Å². The molecule has 2 rings (SSSR count). The third-order valence-corrected chi connectivity index (χ3v) is 3.60. The first-order valence-electron chi connectivity index (χ1n) is 6.81. The summed E-state index contributed by atoms with van der Waals surface area (Å²) in [6.45, 7) is 4.77. The molecule has 0 saturated carbocycles. The summed E-state index contributed by atoms with van der Waals surface area (Å²) in [7, 11) is 0. The summed E-state index contributed by atoms with van der Waals surface area (Å²) in [6.07, 6.45) is 3.59. The standard InChI is InChI=1S/C15H22N2O/c1-3-15(18)17-11(2)9-13-10-12(5-4-8-16)6-7-14(13)17/h6-7,10-11H,3-5,8-9,16H2,1-2H3. The number of rotatable bonds is 4. The zero-order valence-electron chi connectivity index (χ0n) is 11.3. The molecule has 1 aliphatic rings. The molecule has 0 radical (unpaired) electrons. The van der Waals surface area contributed by atoms with Gasteiger partial charge in [-0.25, -0.2) is 0 Å². The molecule has 1 amide bonds. The maximum absolute atomic E-state index is 12.0. The van der Waals surface area contributed by atoms with Crippen LogP contribution in [0.1, 0.15) is 37.8 Å². The number of hydrogen-bond donors (Lipinski definition) is 1. The van der Waals surface area contributed by atoms with Crippen molar-refractivity contribution in [2.75, 3.05) is 11.4 Å². The van der Waals surface area contributed by atoms with E-state index in [1.807, 2.05) is 11.8 Å². The Kier molecular flexibility index (Phi) is 4.02. The minimum absolute atomic E-state index is 0.218. The Balaban J connectivity index is 2.23. The van der Waals surface area contributed by atoms with Gasteiger partial charge in [-0.2, -0.15) is 0 Å². The summed E-state index contributed by atoms with van der Waals surface area (Å²) in [5, 5.41) is 0. The zero-order valence-corrected chi connectivity index (χ0v) is 11.3. The Morgan fingerprint density at radius 1 is 1.50 bits per heavy atom. The first-order chi connectivity index (χ1) is 8.67. The van der Waals surface area contributed by atoms with Gasteiger partial charge in [0.2, 0.25) is 5.91 Å². The SMILES string of the molecule is CCC(=O)N1c2ccc(CCCN)cc2CC1C. The van der Waals surface area contributed by atoms with E-state index >= 15 is 0 Å². The average Bonchev–Trinajstić information content (AvgIpc) is 2.70. The van der Waals surface area contributed by atoms with Crippen LogP contribution in [-0.2, 0) is 17.6 Å². The minimum atomic E-state index is 0.218. The van der Waals surface area contributed by atoms with E-state index in [1.165, 1.54) is 11.1 Å². The molecule has 1 aromatic rings. The highest BCUT2D eigenvalue weighted by molar-refractivity contribution is 5.96. The van der Waals surface area contributed by atoms with Crippen LogP contribution in [0.2, 0.25) is 0 Å². The number of fused-ring (bicyclic) bond motifs is 1. The van der Waals surface area contributed by atoms with Crippen LogP contribution in [-0.4, -0.2) is 18.5 Å². The maximum Gasteiger partial charge on any atom is 0.226 e. The van der Waals surface area contributed by atoms with E-state index < -0.39 is 0 Å². The summed E-state index contributed by atoms with van der Waals surface area (Å²) in [5.41, 5.74) is 9.28. The molecule has 2 N–H and O–H groups in total. The van der Waals surface area contributed by atoms with E-state index in [0.29, 0.717) is 6.42 Å². The van der Waals surface area contributed by atoms with Crippen molar-refractivity contribution in [1.82, 2.24) is 0 Å². The van der Waals surface area contributed by atoms with Crippen LogP contribution in [0.5, 0.6) is 0 Å². The lowest BCUT2D eigenvalue weighted by molar-refractivity contribution is -0.118. The molecule has 3 heteroatoms. The van der Waals surface area contributed by atoms with Gasteiger partial charge in [-0.05, 0) is 49.9 Å². The molecule has 18 heavy (non-hydrogen) atoms. The number of carbonyl (C=O) groups excluding carboxylic acids is 1. The van der Waals surface area contributed by atoms with Crippen LogP contribution in [0.4, 0.5) is 5.69 Å². The quantitative estimate of drug-likeness (QED) is 0.885. The van der Waals surface area contributed by atoms with Crippen molar-refractivity contribution in [2.45, 2.75) is 45.6 Å². The minimum Gasteiger partial charge on any atom is -0.330 e. The second-order valence-corrected chi connectivity index (χ2v) is 5.03. The molecule has 3 nitrogen and oxygen atoms in total. The number of anilines is 1. The molecule has 98 valence electrons. The van der Waals surface area contributed by atoms with Crippen LogP contribution >= 0.6 is 0 Å². The summed E-state index contributed by atoms with van der Waals surface area (Å²) >= 11 is 0. The lowest BCUT2D eigenvalue weighted by atomic mass is 10.0. The van der Waals surface area contributed by atoms with Crippen LogP contribution in [0.3, 0.4) is 0 Å². The van der Waals surface area contributed by atoms with E-state index in [0.717, 1.165) is 31.5 Å². The first-order valence-corrected chi connectivity index (χ1v) is 6.81. The number of aryl methyl sites for hydroxylation is 1. The van der Waals surface area contributed by atoms with Crippen molar-refractivity contribution in [3.8, 4) is 0 Å². The Morgan fingerprint density at radius 3 is 2.94 bits per heavy atom. The van der Waals surface area contributed by atoms with Gasteiger partial charge in [0.1, 0.15) is 0 Å². The lowest BCUT2D eigenvalue weighted by Crippen LogP contribution is -2.35. The van der Waals surface area contributed by atoms with Crippen molar-refractivity contribution < 1.29 is 4.79 Å². The first kappa shape index (κ1) is 13.1. The number of amides is 1. The molecule has 0 bridgehead atoms.